The molecule has 2 heterocycles. The molecule has 5 nitrogen and oxygen atoms in total. The molecule has 0 N–H and O–H groups in total. The molecule has 4 rings (SSSR count). The van der Waals surface area contributed by atoms with Gasteiger partial charge in [-0.2, -0.15) is 13.2 Å². The number of amides is 1. The van der Waals surface area contributed by atoms with Crippen LogP contribution >= 0.6 is 15.9 Å². The Balaban J connectivity index is 1.90. The fourth-order valence-electron chi connectivity index (χ4n) is 3.78. The lowest BCUT2D eigenvalue weighted by Gasteiger charge is -2.39. The number of rotatable bonds is 3. The molecule has 1 amide bonds. The van der Waals surface area contributed by atoms with Gasteiger partial charge in [-0.3, -0.25) is 9.69 Å². The SMILES string of the molecule is COc1ccc(N2CN(c3ccc(Br)cc3C)c3cc(C(F)(F)F)ccc3C2=O)c(C)n1. The van der Waals surface area contributed by atoms with Crippen molar-refractivity contribution in [1.82, 2.24) is 4.98 Å². The normalized spacial score (nSPS) is 13.9. The first kappa shape index (κ1) is 22.1. The average molecular weight is 506 g/mol. The summed E-state index contributed by atoms with van der Waals surface area (Å²) >= 11 is 3.42. The Labute approximate surface area is 191 Å². The minimum absolute atomic E-state index is 0.0322. The fraction of sp³-hybridized carbons (Fsp3) is 0.217. The largest absolute Gasteiger partial charge is 0.481 e. The van der Waals surface area contributed by atoms with Gasteiger partial charge in [0.15, 0.2) is 0 Å². The smallest absolute Gasteiger partial charge is 0.416 e. The van der Waals surface area contributed by atoms with Crippen LogP contribution in [0.15, 0.2) is 53.0 Å². The van der Waals surface area contributed by atoms with E-state index in [1.165, 1.54) is 18.1 Å². The number of halogens is 4. The van der Waals surface area contributed by atoms with Crippen molar-refractivity contribution >= 4 is 38.9 Å². The summed E-state index contributed by atoms with van der Waals surface area (Å²) in [6.07, 6.45) is -4.52. The number of carbonyl (C=O) groups is 1. The summed E-state index contributed by atoms with van der Waals surface area (Å²) < 4.78 is 46.3. The molecule has 1 aliphatic heterocycles. The zero-order chi connectivity index (χ0) is 23.2. The van der Waals surface area contributed by atoms with E-state index in [2.05, 4.69) is 20.9 Å². The molecule has 9 heteroatoms. The lowest BCUT2D eigenvalue weighted by molar-refractivity contribution is -0.137. The van der Waals surface area contributed by atoms with Gasteiger partial charge in [0.2, 0.25) is 5.88 Å². The predicted octanol–water partition coefficient (Wildman–Crippen LogP) is 6.24. The maximum atomic E-state index is 13.4. The molecule has 0 bridgehead atoms. The van der Waals surface area contributed by atoms with Gasteiger partial charge in [0.1, 0.15) is 6.67 Å². The Morgan fingerprint density at radius 1 is 0.969 bits per heavy atom. The first-order valence-electron chi connectivity index (χ1n) is 9.68. The van der Waals surface area contributed by atoms with Crippen LogP contribution in [0.2, 0.25) is 0 Å². The third kappa shape index (κ3) is 3.92. The molecule has 0 atom stereocenters. The van der Waals surface area contributed by atoms with E-state index in [9.17, 15) is 18.0 Å². The third-order valence-corrected chi connectivity index (χ3v) is 5.85. The van der Waals surface area contributed by atoms with Crippen LogP contribution in [0.25, 0.3) is 0 Å². The number of aryl methyl sites for hydroxylation is 2. The van der Waals surface area contributed by atoms with E-state index in [1.807, 2.05) is 25.1 Å². The molecule has 0 unspecified atom stereocenters. The van der Waals surface area contributed by atoms with Gasteiger partial charge in [-0.05, 0) is 61.9 Å². The summed E-state index contributed by atoms with van der Waals surface area (Å²) in [5.41, 5.74) is 2.26. The van der Waals surface area contributed by atoms with Crippen LogP contribution in [0.4, 0.5) is 30.2 Å². The third-order valence-electron chi connectivity index (χ3n) is 5.36. The minimum Gasteiger partial charge on any atom is -0.481 e. The molecule has 32 heavy (non-hydrogen) atoms. The summed E-state index contributed by atoms with van der Waals surface area (Å²) in [5, 5.41) is 0. The Morgan fingerprint density at radius 3 is 2.31 bits per heavy atom. The van der Waals surface area contributed by atoms with E-state index in [1.54, 1.807) is 24.0 Å². The number of ether oxygens (including phenoxy) is 1. The highest BCUT2D eigenvalue weighted by Gasteiger charge is 2.37. The molecule has 0 radical (unpaired) electrons. The van der Waals surface area contributed by atoms with Crippen LogP contribution in [0.5, 0.6) is 5.88 Å². The first-order valence-corrected chi connectivity index (χ1v) is 10.5. The van der Waals surface area contributed by atoms with E-state index in [4.69, 9.17) is 4.74 Å². The van der Waals surface area contributed by atoms with Crippen molar-refractivity contribution in [3.63, 3.8) is 0 Å². The molecule has 0 spiro atoms. The predicted molar refractivity (Wildman–Crippen MR) is 120 cm³/mol. The zero-order valence-electron chi connectivity index (χ0n) is 17.5. The van der Waals surface area contributed by atoms with E-state index in [0.29, 0.717) is 22.9 Å². The van der Waals surface area contributed by atoms with Crippen molar-refractivity contribution in [1.29, 1.82) is 0 Å². The highest BCUT2D eigenvalue weighted by molar-refractivity contribution is 9.10. The number of aromatic nitrogens is 1. The van der Waals surface area contributed by atoms with Gasteiger partial charge in [0, 0.05) is 16.2 Å². The number of carbonyl (C=O) groups excluding carboxylic acids is 1. The molecule has 0 saturated carbocycles. The molecular formula is C23H19BrF3N3O2. The standard InChI is InChI=1S/C23H19BrF3N3O2/c1-13-10-16(24)5-7-18(13)29-12-30(19-8-9-21(32-3)28-14(19)2)22(31)17-6-4-15(11-20(17)29)23(25,26)27/h4-11H,12H2,1-3H3. The molecule has 0 saturated heterocycles. The van der Waals surface area contributed by atoms with Crippen LogP contribution in [-0.4, -0.2) is 24.7 Å². The highest BCUT2D eigenvalue weighted by atomic mass is 79.9. The summed E-state index contributed by atoms with van der Waals surface area (Å²) in [6.45, 7) is 3.65. The van der Waals surface area contributed by atoms with Crippen molar-refractivity contribution in [2.45, 2.75) is 20.0 Å². The van der Waals surface area contributed by atoms with Crippen molar-refractivity contribution in [3.05, 3.63) is 75.4 Å². The van der Waals surface area contributed by atoms with Crippen LogP contribution < -0.4 is 14.5 Å². The first-order chi connectivity index (χ1) is 15.1. The number of methoxy groups -OCH3 is 1. The highest BCUT2D eigenvalue weighted by Crippen LogP contribution is 2.41. The monoisotopic (exact) mass is 505 g/mol. The molecule has 0 aliphatic carbocycles. The van der Waals surface area contributed by atoms with Crippen LogP contribution in [-0.2, 0) is 6.18 Å². The second-order valence-corrected chi connectivity index (χ2v) is 8.34. The summed E-state index contributed by atoms with van der Waals surface area (Å²) in [6, 6.07) is 12.1. The van der Waals surface area contributed by atoms with Gasteiger partial charge in [0.05, 0.1) is 35.3 Å². The Hall–Kier alpha value is -3.07. The van der Waals surface area contributed by atoms with Crippen molar-refractivity contribution in [2.24, 2.45) is 0 Å². The van der Waals surface area contributed by atoms with E-state index >= 15 is 0 Å². The van der Waals surface area contributed by atoms with E-state index < -0.39 is 17.6 Å². The maximum Gasteiger partial charge on any atom is 0.416 e. The van der Waals surface area contributed by atoms with E-state index in [0.717, 1.165) is 22.2 Å². The Kier molecular flexibility index (Phi) is 5.62. The Morgan fingerprint density at radius 2 is 1.69 bits per heavy atom. The topological polar surface area (TPSA) is 45.7 Å². The lowest BCUT2D eigenvalue weighted by Crippen LogP contribution is -2.45. The number of nitrogens with zero attached hydrogens (tertiary/aromatic N) is 3. The number of alkyl halides is 3. The fourth-order valence-corrected chi connectivity index (χ4v) is 4.26. The number of anilines is 3. The summed E-state index contributed by atoms with van der Waals surface area (Å²) in [7, 11) is 1.50. The molecule has 1 aromatic heterocycles. The maximum absolute atomic E-state index is 13.4. The molecule has 0 fully saturated rings. The van der Waals surface area contributed by atoms with Crippen molar-refractivity contribution < 1.29 is 22.7 Å². The number of hydrogen-bond donors (Lipinski definition) is 0. The number of benzene rings is 2. The molecule has 3 aromatic rings. The average Bonchev–Trinajstić information content (AvgIpc) is 2.74. The quantitative estimate of drug-likeness (QED) is 0.422. The second kappa shape index (κ2) is 8.12. The van der Waals surface area contributed by atoms with Gasteiger partial charge in [0.25, 0.3) is 5.91 Å². The summed E-state index contributed by atoms with van der Waals surface area (Å²) in [5.74, 6) is 0.0151. The summed E-state index contributed by atoms with van der Waals surface area (Å²) in [4.78, 5) is 20.9. The number of hydrogen-bond acceptors (Lipinski definition) is 4. The van der Waals surface area contributed by atoms with Crippen LogP contribution in [0.1, 0.15) is 27.2 Å². The van der Waals surface area contributed by atoms with Crippen LogP contribution in [0, 0.1) is 13.8 Å². The van der Waals surface area contributed by atoms with Gasteiger partial charge in [-0.15, -0.1) is 0 Å². The molecule has 166 valence electrons. The second-order valence-electron chi connectivity index (χ2n) is 7.42. The van der Waals surface area contributed by atoms with Crippen molar-refractivity contribution in [2.75, 3.05) is 23.6 Å². The van der Waals surface area contributed by atoms with Gasteiger partial charge >= 0.3 is 6.18 Å². The number of fused-ring (bicyclic) bond motifs is 1. The zero-order valence-corrected chi connectivity index (χ0v) is 19.1. The van der Waals surface area contributed by atoms with Crippen molar-refractivity contribution in [3.8, 4) is 5.88 Å². The van der Waals surface area contributed by atoms with Gasteiger partial charge in [-0.1, -0.05) is 15.9 Å². The van der Waals surface area contributed by atoms with Crippen LogP contribution in [0.3, 0.4) is 0 Å². The molecule has 2 aromatic carbocycles. The minimum atomic E-state index is -4.52. The molecule has 1 aliphatic rings. The lowest BCUT2D eigenvalue weighted by atomic mass is 10.0. The molecular weight excluding hydrogens is 487 g/mol. The van der Waals surface area contributed by atoms with Gasteiger partial charge < -0.3 is 9.64 Å². The number of pyridine rings is 1. The van der Waals surface area contributed by atoms with E-state index in [-0.39, 0.29) is 17.9 Å². The van der Waals surface area contributed by atoms with Gasteiger partial charge in [-0.25, -0.2) is 4.98 Å². The Bertz CT molecular complexity index is 1210.